The van der Waals surface area contributed by atoms with Crippen molar-refractivity contribution >= 4 is 34.5 Å². The summed E-state index contributed by atoms with van der Waals surface area (Å²) in [5, 5.41) is 11.8. The summed E-state index contributed by atoms with van der Waals surface area (Å²) < 4.78 is 15.3. The first-order chi connectivity index (χ1) is 14.9. The summed E-state index contributed by atoms with van der Waals surface area (Å²) in [5.74, 6) is -0.809. The third kappa shape index (κ3) is 5.69. The lowest BCUT2D eigenvalue weighted by atomic mass is 10.1. The summed E-state index contributed by atoms with van der Waals surface area (Å²) in [7, 11) is 1.26. The monoisotopic (exact) mass is 423 g/mol. The molecule has 2 aromatic carbocycles. The molecule has 3 rings (SSSR count). The molecular weight excluding hydrogens is 402 g/mol. The van der Waals surface area contributed by atoms with Gasteiger partial charge in [0.15, 0.2) is 0 Å². The van der Waals surface area contributed by atoms with Crippen molar-refractivity contribution in [2.24, 2.45) is 5.73 Å². The van der Waals surface area contributed by atoms with E-state index in [1.165, 1.54) is 13.2 Å². The maximum absolute atomic E-state index is 12.4. The third-order valence-electron chi connectivity index (χ3n) is 4.44. The number of amides is 1. The van der Waals surface area contributed by atoms with E-state index in [0.717, 1.165) is 10.8 Å². The van der Waals surface area contributed by atoms with Crippen molar-refractivity contribution in [3.05, 3.63) is 65.6 Å². The average molecular weight is 423 g/mol. The molecule has 9 heteroatoms. The lowest BCUT2D eigenvalue weighted by Gasteiger charge is -2.06. The van der Waals surface area contributed by atoms with Gasteiger partial charge in [-0.3, -0.25) is 15.0 Å². The molecule has 1 aromatic heterocycles. The van der Waals surface area contributed by atoms with Crippen LogP contribution in [0.4, 0.5) is 0 Å². The van der Waals surface area contributed by atoms with Gasteiger partial charge in [-0.05, 0) is 41.1 Å². The largest absolute Gasteiger partial charge is 0.469 e. The Balaban J connectivity index is 1.58. The fourth-order valence-electron chi connectivity index (χ4n) is 2.79. The molecule has 0 spiro atoms. The number of esters is 2. The topological polar surface area (TPSA) is 145 Å². The lowest BCUT2D eigenvalue weighted by molar-refractivity contribution is -0.142. The first kappa shape index (κ1) is 21.6. The van der Waals surface area contributed by atoms with E-state index in [0.29, 0.717) is 17.1 Å². The fraction of sp³-hybridized carbons (Fsp3) is 0.182. The van der Waals surface area contributed by atoms with Crippen LogP contribution in [0, 0.1) is 5.41 Å². The second-order valence-electron chi connectivity index (χ2n) is 6.65. The SMILES string of the molecule is COC(=O)CCC(=O)NCc1ccc(C(=O)Oc2ccc3cc(C(=N)N)ccc3c2)o1. The second-order valence-corrected chi connectivity index (χ2v) is 6.65. The zero-order chi connectivity index (χ0) is 22.4. The third-order valence-corrected chi connectivity index (χ3v) is 4.44. The van der Waals surface area contributed by atoms with Gasteiger partial charge in [0.05, 0.1) is 20.1 Å². The van der Waals surface area contributed by atoms with E-state index in [4.69, 9.17) is 20.3 Å². The van der Waals surface area contributed by atoms with E-state index >= 15 is 0 Å². The number of rotatable bonds is 8. The Hall–Kier alpha value is -4.14. The highest BCUT2D eigenvalue weighted by atomic mass is 16.5. The van der Waals surface area contributed by atoms with Crippen molar-refractivity contribution in [2.75, 3.05) is 7.11 Å². The number of amidine groups is 1. The molecule has 0 unspecified atom stereocenters. The van der Waals surface area contributed by atoms with Crippen molar-refractivity contribution in [3.8, 4) is 5.75 Å². The molecule has 160 valence electrons. The van der Waals surface area contributed by atoms with Gasteiger partial charge in [-0.15, -0.1) is 0 Å². The van der Waals surface area contributed by atoms with Crippen molar-refractivity contribution in [1.29, 1.82) is 5.41 Å². The van der Waals surface area contributed by atoms with E-state index in [9.17, 15) is 14.4 Å². The first-order valence-corrected chi connectivity index (χ1v) is 9.38. The Labute approximate surface area is 177 Å². The van der Waals surface area contributed by atoms with Crippen LogP contribution in [0.5, 0.6) is 5.75 Å². The molecular formula is C22H21N3O6. The number of nitrogens with two attached hydrogens (primary N) is 1. The Morgan fingerprint density at radius 3 is 2.52 bits per heavy atom. The zero-order valence-corrected chi connectivity index (χ0v) is 16.8. The fourth-order valence-corrected chi connectivity index (χ4v) is 2.79. The number of hydrogen-bond donors (Lipinski definition) is 3. The minimum atomic E-state index is -0.678. The molecule has 0 fully saturated rings. The van der Waals surface area contributed by atoms with Gasteiger partial charge in [0.25, 0.3) is 0 Å². The molecule has 31 heavy (non-hydrogen) atoms. The number of benzene rings is 2. The van der Waals surface area contributed by atoms with Crippen LogP contribution in [0.25, 0.3) is 10.8 Å². The van der Waals surface area contributed by atoms with E-state index in [-0.39, 0.29) is 36.9 Å². The van der Waals surface area contributed by atoms with E-state index < -0.39 is 11.9 Å². The summed E-state index contributed by atoms with van der Waals surface area (Å²) in [5.41, 5.74) is 6.11. The van der Waals surface area contributed by atoms with Crippen molar-refractivity contribution in [3.63, 3.8) is 0 Å². The first-order valence-electron chi connectivity index (χ1n) is 9.38. The Morgan fingerprint density at radius 1 is 1.03 bits per heavy atom. The van der Waals surface area contributed by atoms with Gasteiger partial charge in [-0.1, -0.05) is 18.2 Å². The van der Waals surface area contributed by atoms with Crippen LogP contribution in [0.2, 0.25) is 0 Å². The van der Waals surface area contributed by atoms with Crippen molar-refractivity contribution < 1.29 is 28.3 Å². The van der Waals surface area contributed by atoms with Crippen LogP contribution in [0.1, 0.15) is 34.7 Å². The molecule has 0 atom stereocenters. The number of hydrogen-bond acceptors (Lipinski definition) is 7. The smallest absolute Gasteiger partial charge is 0.379 e. The minimum Gasteiger partial charge on any atom is -0.469 e. The maximum Gasteiger partial charge on any atom is 0.379 e. The molecule has 0 aliphatic carbocycles. The minimum absolute atomic E-state index is 0.00183. The molecule has 0 radical (unpaired) electrons. The second kappa shape index (κ2) is 9.57. The molecule has 0 saturated heterocycles. The highest BCUT2D eigenvalue weighted by molar-refractivity contribution is 5.99. The van der Waals surface area contributed by atoms with Crippen LogP contribution in [0.15, 0.2) is 52.9 Å². The number of ether oxygens (including phenoxy) is 2. The molecule has 0 saturated carbocycles. The molecule has 4 N–H and O–H groups in total. The van der Waals surface area contributed by atoms with E-state index in [1.54, 1.807) is 42.5 Å². The number of carbonyl (C=O) groups excluding carboxylic acids is 3. The van der Waals surface area contributed by atoms with Crippen molar-refractivity contribution in [1.82, 2.24) is 5.32 Å². The molecule has 0 bridgehead atoms. The van der Waals surface area contributed by atoms with Crippen LogP contribution >= 0.6 is 0 Å². The molecule has 3 aromatic rings. The number of nitrogens with one attached hydrogen (secondary N) is 2. The summed E-state index contributed by atoms with van der Waals surface area (Å²) in [6.45, 7) is 0.0712. The average Bonchev–Trinajstić information content (AvgIpc) is 3.24. The predicted octanol–water partition coefficient (Wildman–Crippen LogP) is 2.51. The normalized spacial score (nSPS) is 10.5. The number of nitrogen functional groups attached to an aromatic ring is 1. The molecule has 1 heterocycles. The van der Waals surface area contributed by atoms with Gasteiger partial charge in [-0.2, -0.15) is 0 Å². The molecule has 1 amide bonds. The number of fused-ring (bicyclic) bond motifs is 1. The Bertz CT molecular complexity index is 1150. The lowest BCUT2D eigenvalue weighted by Crippen LogP contribution is -2.23. The van der Waals surface area contributed by atoms with E-state index in [2.05, 4.69) is 10.1 Å². The summed E-state index contributed by atoms with van der Waals surface area (Å²) >= 11 is 0. The van der Waals surface area contributed by atoms with Crippen LogP contribution < -0.4 is 15.8 Å². The van der Waals surface area contributed by atoms with Gasteiger partial charge in [-0.25, -0.2) is 4.79 Å². The Morgan fingerprint density at radius 2 is 1.77 bits per heavy atom. The summed E-state index contributed by atoms with van der Waals surface area (Å²) in [4.78, 5) is 35.1. The molecule has 0 aliphatic heterocycles. The van der Waals surface area contributed by atoms with Gasteiger partial charge in [0.1, 0.15) is 17.3 Å². The highest BCUT2D eigenvalue weighted by Gasteiger charge is 2.15. The maximum atomic E-state index is 12.4. The number of methoxy groups -OCH3 is 1. The quantitative estimate of drug-likeness (QED) is 0.218. The van der Waals surface area contributed by atoms with Gasteiger partial charge in [0, 0.05) is 12.0 Å². The van der Waals surface area contributed by atoms with Crippen LogP contribution in [-0.4, -0.2) is 30.8 Å². The standard InChI is InChI=1S/C22H21N3O6/c1-29-20(27)9-8-19(26)25-12-17-6-7-18(30-17)22(28)31-16-5-4-13-10-15(21(23)24)3-2-14(13)11-16/h2-7,10-11H,8-9,12H2,1H3,(H3,23,24)(H,25,26). The number of carbonyl (C=O) groups is 3. The Kier molecular flexibility index (Phi) is 6.66. The predicted molar refractivity (Wildman–Crippen MR) is 112 cm³/mol. The van der Waals surface area contributed by atoms with Crippen molar-refractivity contribution in [2.45, 2.75) is 19.4 Å². The van der Waals surface area contributed by atoms with Gasteiger partial charge in [0.2, 0.25) is 11.7 Å². The highest BCUT2D eigenvalue weighted by Crippen LogP contribution is 2.23. The molecule has 0 aliphatic rings. The molecule has 9 nitrogen and oxygen atoms in total. The van der Waals surface area contributed by atoms with Crippen LogP contribution in [-0.2, 0) is 20.9 Å². The van der Waals surface area contributed by atoms with Gasteiger partial charge >= 0.3 is 11.9 Å². The summed E-state index contributed by atoms with van der Waals surface area (Å²) in [6, 6.07) is 13.4. The number of furan rings is 1. The van der Waals surface area contributed by atoms with E-state index in [1.807, 2.05) is 0 Å². The van der Waals surface area contributed by atoms with Gasteiger partial charge < -0.3 is 24.9 Å². The zero-order valence-electron chi connectivity index (χ0n) is 16.8. The summed E-state index contributed by atoms with van der Waals surface area (Å²) in [6.07, 6.45) is -0.0158. The van der Waals surface area contributed by atoms with Crippen LogP contribution in [0.3, 0.4) is 0 Å².